The Labute approximate surface area is 83.8 Å². The van der Waals surface area contributed by atoms with Crippen molar-refractivity contribution in [2.24, 2.45) is 0 Å². The van der Waals surface area contributed by atoms with Gasteiger partial charge in [0.25, 0.3) is 5.89 Å². The van der Waals surface area contributed by atoms with Crippen LogP contribution >= 0.6 is 0 Å². The molecule has 0 aliphatic heterocycles. The molecule has 0 amide bonds. The van der Waals surface area contributed by atoms with Crippen LogP contribution in [0.5, 0.6) is 0 Å². The zero-order valence-electron chi connectivity index (χ0n) is 8.91. The van der Waals surface area contributed by atoms with Gasteiger partial charge in [-0.2, -0.15) is 4.98 Å². The average molecular weight is 199 g/mol. The summed E-state index contributed by atoms with van der Waals surface area (Å²) in [5.74, 6) is 1.21. The fourth-order valence-electron chi connectivity index (χ4n) is 0.905. The van der Waals surface area contributed by atoms with E-state index in [0.717, 1.165) is 0 Å². The van der Waals surface area contributed by atoms with Gasteiger partial charge in [-0.1, -0.05) is 19.0 Å². The van der Waals surface area contributed by atoms with Crippen LogP contribution in [0, 0.1) is 0 Å². The van der Waals surface area contributed by atoms with Crippen LogP contribution in [-0.4, -0.2) is 22.8 Å². The summed E-state index contributed by atoms with van der Waals surface area (Å²) in [6.07, 6.45) is 0. The molecular weight excluding hydrogens is 182 g/mol. The highest BCUT2D eigenvalue weighted by atomic mass is 16.5. The van der Waals surface area contributed by atoms with E-state index in [-0.39, 0.29) is 0 Å². The molecule has 0 aliphatic carbocycles. The smallest absolute Gasteiger partial charge is 0.252 e. The highest BCUT2D eigenvalue weighted by molar-refractivity contribution is 4.84. The predicted molar refractivity (Wildman–Crippen MR) is 51.6 cm³/mol. The SMILES string of the molecule is CCOCc1nc(CNC(C)C)no1. The van der Waals surface area contributed by atoms with Crippen LogP contribution in [0.15, 0.2) is 4.52 Å². The van der Waals surface area contributed by atoms with Gasteiger partial charge in [0.05, 0.1) is 6.54 Å². The Balaban J connectivity index is 2.35. The van der Waals surface area contributed by atoms with E-state index >= 15 is 0 Å². The van der Waals surface area contributed by atoms with E-state index in [0.29, 0.717) is 37.5 Å². The molecule has 5 nitrogen and oxygen atoms in total. The van der Waals surface area contributed by atoms with Crippen LogP contribution in [-0.2, 0) is 17.9 Å². The van der Waals surface area contributed by atoms with E-state index < -0.39 is 0 Å². The summed E-state index contributed by atoms with van der Waals surface area (Å²) in [7, 11) is 0. The lowest BCUT2D eigenvalue weighted by atomic mass is 10.4. The van der Waals surface area contributed by atoms with Crippen LogP contribution in [0.2, 0.25) is 0 Å². The van der Waals surface area contributed by atoms with Gasteiger partial charge in [0, 0.05) is 12.6 Å². The molecule has 14 heavy (non-hydrogen) atoms. The lowest BCUT2D eigenvalue weighted by Crippen LogP contribution is -2.22. The van der Waals surface area contributed by atoms with Gasteiger partial charge in [0.1, 0.15) is 6.61 Å². The molecule has 0 fully saturated rings. The summed E-state index contributed by atoms with van der Waals surface area (Å²) in [5, 5.41) is 7.02. The maximum atomic E-state index is 5.14. The molecule has 1 heterocycles. The van der Waals surface area contributed by atoms with E-state index in [4.69, 9.17) is 9.26 Å². The molecule has 0 aliphatic rings. The molecule has 1 rings (SSSR count). The van der Waals surface area contributed by atoms with Crippen LogP contribution in [0.1, 0.15) is 32.5 Å². The van der Waals surface area contributed by atoms with Crippen molar-refractivity contribution >= 4 is 0 Å². The first-order chi connectivity index (χ1) is 6.72. The van der Waals surface area contributed by atoms with Crippen molar-refractivity contribution in [3.8, 4) is 0 Å². The van der Waals surface area contributed by atoms with Crippen molar-refractivity contribution in [2.45, 2.75) is 40.0 Å². The van der Waals surface area contributed by atoms with E-state index in [1.165, 1.54) is 0 Å². The Bertz CT molecular complexity index is 260. The Morgan fingerprint density at radius 1 is 1.50 bits per heavy atom. The van der Waals surface area contributed by atoms with Gasteiger partial charge in [-0.05, 0) is 6.92 Å². The third-order valence-electron chi connectivity index (χ3n) is 1.61. The van der Waals surface area contributed by atoms with Crippen molar-refractivity contribution in [3.63, 3.8) is 0 Å². The molecule has 80 valence electrons. The highest BCUT2D eigenvalue weighted by Crippen LogP contribution is 1.99. The molecule has 0 unspecified atom stereocenters. The van der Waals surface area contributed by atoms with Crippen LogP contribution < -0.4 is 5.32 Å². The summed E-state index contributed by atoms with van der Waals surface area (Å²) in [6.45, 7) is 7.75. The van der Waals surface area contributed by atoms with Gasteiger partial charge in [0.2, 0.25) is 0 Å². The molecule has 0 atom stereocenters. The number of rotatable bonds is 6. The Morgan fingerprint density at radius 3 is 2.93 bits per heavy atom. The Morgan fingerprint density at radius 2 is 2.29 bits per heavy atom. The summed E-state index contributed by atoms with van der Waals surface area (Å²) in [4.78, 5) is 4.15. The minimum atomic E-state index is 0.394. The number of nitrogens with zero attached hydrogens (tertiary/aromatic N) is 2. The number of hydrogen-bond donors (Lipinski definition) is 1. The first-order valence-corrected chi connectivity index (χ1v) is 4.85. The minimum absolute atomic E-state index is 0.394. The van der Waals surface area contributed by atoms with Crippen molar-refractivity contribution in [2.75, 3.05) is 6.61 Å². The topological polar surface area (TPSA) is 60.2 Å². The van der Waals surface area contributed by atoms with Crippen molar-refractivity contribution < 1.29 is 9.26 Å². The second-order valence-corrected chi connectivity index (χ2v) is 3.28. The summed E-state index contributed by atoms with van der Waals surface area (Å²) in [5.41, 5.74) is 0. The van der Waals surface area contributed by atoms with Gasteiger partial charge in [-0.25, -0.2) is 0 Å². The fourth-order valence-corrected chi connectivity index (χ4v) is 0.905. The van der Waals surface area contributed by atoms with Gasteiger partial charge in [-0.15, -0.1) is 0 Å². The second kappa shape index (κ2) is 5.72. The molecule has 0 aromatic carbocycles. The molecule has 1 aromatic rings. The van der Waals surface area contributed by atoms with E-state index in [9.17, 15) is 0 Å². The average Bonchev–Trinajstić information content (AvgIpc) is 2.59. The first kappa shape index (κ1) is 11.1. The molecule has 5 heteroatoms. The molecule has 0 saturated carbocycles. The highest BCUT2D eigenvalue weighted by Gasteiger charge is 2.05. The number of hydrogen-bond acceptors (Lipinski definition) is 5. The van der Waals surface area contributed by atoms with Crippen molar-refractivity contribution in [1.29, 1.82) is 0 Å². The largest absolute Gasteiger partial charge is 0.372 e. The van der Waals surface area contributed by atoms with Gasteiger partial charge >= 0.3 is 0 Å². The summed E-state index contributed by atoms with van der Waals surface area (Å²) < 4.78 is 10.1. The van der Waals surface area contributed by atoms with Gasteiger partial charge in [0.15, 0.2) is 5.82 Å². The third kappa shape index (κ3) is 3.85. The quantitative estimate of drug-likeness (QED) is 0.743. The minimum Gasteiger partial charge on any atom is -0.372 e. The zero-order chi connectivity index (χ0) is 10.4. The lowest BCUT2D eigenvalue weighted by Gasteiger charge is -2.03. The Hall–Kier alpha value is -0.940. The third-order valence-corrected chi connectivity index (χ3v) is 1.61. The van der Waals surface area contributed by atoms with Crippen LogP contribution in [0.4, 0.5) is 0 Å². The normalized spacial score (nSPS) is 11.1. The number of ether oxygens (including phenoxy) is 1. The molecule has 0 spiro atoms. The second-order valence-electron chi connectivity index (χ2n) is 3.28. The maximum absolute atomic E-state index is 5.14. The number of nitrogens with one attached hydrogen (secondary N) is 1. The number of aromatic nitrogens is 2. The Kier molecular flexibility index (Phi) is 4.55. The first-order valence-electron chi connectivity index (χ1n) is 4.85. The standard InChI is InChI=1S/C9H17N3O2/c1-4-13-6-9-11-8(12-14-9)5-10-7(2)3/h7,10H,4-6H2,1-3H3. The van der Waals surface area contributed by atoms with E-state index in [1.807, 2.05) is 6.92 Å². The molecule has 1 N–H and O–H groups in total. The predicted octanol–water partition coefficient (Wildman–Crippen LogP) is 1.10. The molecule has 1 aromatic heterocycles. The molecule has 0 bridgehead atoms. The summed E-state index contributed by atoms with van der Waals surface area (Å²) >= 11 is 0. The van der Waals surface area contributed by atoms with E-state index in [2.05, 4.69) is 29.3 Å². The monoisotopic (exact) mass is 199 g/mol. The van der Waals surface area contributed by atoms with Gasteiger partial charge < -0.3 is 14.6 Å². The molecular formula is C9H17N3O2. The summed E-state index contributed by atoms with van der Waals surface area (Å²) in [6, 6.07) is 0.420. The fraction of sp³-hybridized carbons (Fsp3) is 0.778. The van der Waals surface area contributed by atoms with Gasteiger partial charge in [-0.3, -0.25) is 0 Å². The van der Waals surface area contributed by atoms with Crippen LogP contribution in [0.3, 0.4) is 0 Å². The van der Waals surface area contributed by atoms with E-state index in [1.54, 1.807) is 0 Å². The van der Waals surface area contributed by atoms with Crippen molar-refractivity contribution in [3.05, 3.63) is 11.7 Å². The van der Waals surface area contributed by atoms with Crippen molar-refractivity contribution in [1.82, 2.24) is 15.5 Å². The molecule has 0 saturated heterocycles. The molecule has 0 radical (unpaired) electrons. The lowest BCUT2D eigenvalue weighted by molar-refractivity contribution is 0.109. The maximum Gasteiger partial charge on any atom is 0.252 e. The van der Waals surface area contributed by atoms with Crippen LogP contribution in [0.25, 0.3) is 0 Å². The zero-order valence-corrected chi connectivity index (χ0v) is 8.91.